The second kappa shape index (κ2) is 9.49. The Morgan fingerprint density at radius 3 is 2.88 bits per heavy atom. The average Bonchev–Trinajstić information content (AvgIpc) is 3.27. The standard InChI is InChI=1S/C26H29N3O2S2/c1-17-12-22(30)25(26(31)27-14-18-6-5-10-28(2)15-18)21-13-24(19-9-11-32-16-19)33-23-8-4-3-7-20(23)29(17)21/h3-4,7-9,11-12,16,18,24H,5-6,10,13-15H2,1-2H3,(H,27,31)/t18-,24-/m0/s1. The molecule has 0 unspecified atom stereocenters. The number of para-hydroxylation sites is 1. The molecule has 2 aliphatic rings. The highest BCUT2D eigenvalue weighted by Gasteiger charge is 2.29. The lowest BCUT2D eigenvalue weighted by atomic mass is 9.98. The molecule has 3 aromatic rings. The van der Waals surface area contributed by atoms with Crippen molar-refractivity contribution in [2.75, 3.05) is 26.7 Å². The normalized spacial score (nSPS) is 20.5. The first kappa shape index (κ1) is 22.4. The number of amides is 1. The lowest BCUT2D eigenvalue weighted by molar-refractivity contribution is 0.0934. The highest BCUT2D eigenvalue weighted by atomic mass is 32.2. The minimum atomic E-state index is -0.245. The van der Waals surface area contributed by atoms with Gasteiger partial charge in [-0.3, -0.25) is 9.59 Å². The van der Waals surface area contributed by atoms with Crippen LogP contribution in [0.3, 0.4) is 0 Å². The molecule has 2 aliphatic heterocycles. The molecule has 1 fully saturated rings. The maximum Gasteiger partial charge on any atom is 0.257 e. The van der Waals surface area contributed by atoms with Gasteiger partial charge in [-0.05, 0) is 73.8 Å². The molecule has 2 atom stereocenters. The van der Waals surface area contributed by atoms with Crippen molar-refractivity contribution >= 4 is 29.0 Å². The quantitative estimate of drug-likeness (QED) is 0.591. The maximum atomic E-state index is 13.4. The van der Waals surface area contributed by atoms with Crippen LogP contribution in [-0.2, 0) is 6.42 Å². The van der Waals surface area contributed by atoms with Crippen LogP contribution in [0.1, 0.15) is 45.4 Å². The molecule has 1 saturated heterocycles. The smallest absolute Gasteiger partial charge is 0.257 e. The molecule has 172 valence electrons. The van der Waals surface area contributed by atoms with Gasteiger partial charge < -0.3 is 14.8 Å². The van der Waals surface area contributed by atoms with Gasteiger partial charge in [-0.15, -0.1) is 11.8 Å². The Kier molecular flexibility index (Phi) is 6.45. The molecule has 1 aromatic carbocycles. The summed E-state index contributed by atoms with van der Waals surface area (Å²) in [7, 11) is 2.12. The van der Waals surface area contributed by atoms with E-state index in [-0.39, 0.29) is 16.6 Å². The summed E-state index contributed by atoms with van der Waals surface area (Å²) >= 11 is 3.49. The van der Waals surface area contributed by atoms with E-state index in [2.05, 4.69) is 50.8 Å². The zero-order valence-corrected chi connectivity index (χ0v) is 20.7. The number of carbonyl (C=O) groups excluding carboxylic acids is 1. The van der Waals surface area contributed by atoms with Gasteiger partial charge in [-0.1, -0.05) is 12.1 Å². The van der Waals surface area contributed by atoms with Crippen LogP contribution in [0.4, 0.5) is 0 Å². The van der Waals surface area contributed by atoms with Crippen molar-refractivity contribution in [1.29, 1.82) is 0 Å². The molecular formula is C26H29N3O2S2. The topological polar surface area (TPSA) is 54.3 Å². The fourth-order valence-corrected chi connectivity index (χ4v) is 7.15. The van der Waals surface area contributed by atoms with Crippen molar-refractivity contribution in [3.63, 3.8) is 0 Å². The lowest BCUT2D eigenvalue weighted by Gasteiger charge is -2.29. The van der Waals surface area contributed by atoms with Gasteiger partial charge in [0, 0.05) is 47.1 Å². The number of piperidine rings is 1. The summed E-state index contributed by atoms with van der Waals surface area (Å²) in [5, 5.41) is 7.51. The van der Waals surface area contributed by atoms with Crippen LogP contribution < -0.4 is 10.7 Å². The Bertz CT molecular complexity index is 1220. The van der Waals surface area contributed by atoms with E-state index in [9.17, 15) is 9.59 Å². The van der Waals surface area contributed by atoms with Crippen LogP contribution in [0.5, 0.6) is 0 Å². The summed E-state index contributed by atoms with van der Waals surface area (Å²) in [6.07, 6.45) is 2.89. The van der Waals surface area contributed by atoms with Crippen LogP contribution in [-0.4, -0.2) is 42.1 Å². The highest BCUT2D eigenvalue weighted by Crippen LogP contribution is 2.44. The number of rotatable bonds is 4. The highest BCUT2D eigenvalue weighted by molar-refractivity contribution is 7.99. The van der Waals surface area contributed by atoms with E-state index in [1.807, 2.05) is 30.8 Å². The lowest BCUT2D eigenvalue weighted by Crippen LogP contribution is -2.40. The van der Waals surface area contributed by atoms with Gasteiger partial charge in [-0.2, -0.15) is 11.3 Å². The molecular weight excluding hydrogens is 450 g/mol. The number of thiophene rings is 1. The molecule has 0 radical (unpaired) electrons. The third kappa shape index (κ3) is 4.54. The number of thioether (sulfide) groups is 1. The monoisotopic (exact) mass is 479 g/mol. The SMILES string of the molecule is Cc1cc(=O)c(C(=O)NC[C@@H]2CCCN(C)C2)c2n1-c1ccccc1S[C@H](c1ccsc1)C2. The minimum absolute atomic E-state index is 0.144. The number of likely N-dealkylation sites (tertiary alicyclic amines) is 1. The molecule has 0 spiro atoms. The third-order valence-corrected chi connectivity index (χ3v) is 8.69. The average molecular weight is 480 g/mol. The number of fused-ring (bicyclic) bond motifs is 3. The number of aromatic nitrogens is 1. The van der Waals surface area contributed by atoms with Crippen LogP contribution in [0.15, 0.2) is 56.8 Å². The molecule has 7 heteroatoms. The third-order valence-electron chi connectivity index (χ3n) is 6.67. The van der Waals surface area contributed by atoms with Gasteiger partial charge in [-0.25, -0.2) is 0 Å². The largest absolute Gasteiger partial charge is 0.352 e. The van der Waals surface area contributed by atoms with Crippen molar-refractivity contribution in [1.82, 2.24) is 14.8 Å². The van der Waals surface area contributed by atoms with E-state index < -0.39 is 0 Å². The number of nitrogens with one attached hydrogen (secondary N) is 1. The molecule has 1 N–H and O–H groups in total. The first-order chi connectivity index (χ1) is 16.0. The first-order valence-corrected chi connectivity index (χ1v) is 13.3. The summed E-state index contributed by atoms with van der Waals surface area (Å²) < 4.78 is 2.12. The Labute approximate surface area is 202 Å². The fraction of sp³-hybridized carbons (Fsp3) is 0.385. The van der Waals surface area contributed by atoms with Gasteiger partial charge in [0.15, 0.2) is 5.43 Å². The summed E-state index contributed by atoms with van der Waals surface area (Å²) in [4.78, 5) is 30.1. The Hall–Kier alpha value is -2.35. The summed E-state index contributed by atoms with van der Waals surface area (Å²) in [6, 6.07) is 12.0. The number of hydrogen-bond donors (Lipinski definition) is 1. The summed E-state index contributed by atoms with van der Waals surface area (Å²) in [5.41, 5.74) is 4.05. The van der Waals surface area contributed by atoms with E-state index in [1.165, 1.54) is 5.56 Å². The second-order valence-corrected chi connectivity index (χ2v) is 11.1. The molecule has 0 aliphatic carbocycles. The minimum Gasteiger partial charge on any atom is -0.352 e. The second-order valence-electron chi connectivity index (χ2n) is 9.12. The van der Waals surface area contributed by atoms with Crippen molar-refractivity contribution in [2.45, 2.75) is 36.3 Å². The van der Waals surface area contributed by atoms with Crippen LogP contribution >= 0.6 is 23.1 Å². The van der Waals surface area contributed by atoms with E-state index in [0.717, 1.165) is 47.9 Å². The number of nitrogens with zero attached hydrogens (tertiary/aromatic N) is 2. The van der Waals surface area contributed by atoms with Crippen molar-refractivity contribution in [3.05, 3.63) is 79.9 Å². The van der Waals surface area contributed by atoms with Crippen LogP contribution in [0, 0.1) is 12.8 Å². The van der Waals surface area contributed by atoms with Gasteiger partial charge in [0.2, 0.25) is 0 Å². The van der Waals surface area contributed by atoms with Gasteiger partial charge in [0.05, 0.1) is 5.69 Å². The zero-order chi connectivity index (χ0) is 22.9. The Morgan fingerprint density at radius 1 is 1.24 bits per heavy atom. The number of benzene rings is 1. The molecule has 1 amide bonds. The molecule has 0 bridgehead atoms. The van der Waals surface area contributed by atoms with Gasteiger partial charge in [0.25, 0.3) is 5.91 Å². The predicted octanol–water partition coefficient (Wildman–Crippen LogP) is 4.67. The summed E-state index contributed by atoms with van der Waals surface area (Å²) in [6.45, 7) is 4.65. The number of pyridine rings is 1. The Balaban J connectivity index is 1.55. The van der Waals surface area contributed by atoms with Gasteiger partial charge in [0.1, 0.15) is 5.56 Å². The maximum absolute atomic E-state index is 13.4. The molecule has 33 heavy (non-hydrogen) atoms. The zero-order valence-electron chi connectivity index (χ0n) is 19.0. The van der Waals surface area contributed by atoms with Crippen molar-refractivity contribution in [2.24, 2.45) is 5.92 Å². The van der Waals surface area contributed by atoms with Crippen LogP contribution in [0.25, 0.3) is 5.69 Å². The molecule has 5 rings (SSSR count). The molecule has 5 nitrogen and oxygen atoms in total. The molecule has 4 heterocycles. The number of hydrogen-bond acceptors (Lipinski definition) is 5. The first-order valence-electron chi connectivity index (χ1n) is 11.5. The predicted molar refractivity (Wildman–Crippen MR) is 136 cm³/mol. The summed E-state index contributed by atoms with van der Waals surface area (Å²) in [5.74, 6) is 0.180. The Morgan fingerprint density at radius 2 is 2.09 bits per heavy atom. The molecule has 0 saturated carbocycles. The van der Waals surface area contributed by atoms with Crippen LogP contribution in [0.2, 0.25) is 0 Å². The van der Waals surface area contributed by atoms with E-state index in [4.69, 9.17) is 0 Å². The number of aryl methyl sites for hydroxylation is 1. The number of carbonyl (C=O) groups is 1. The van der Waals surface area contributed by atoms with E-state index in [1.54, 1.807) is 17.4 Å². The fourth-order valence-electron chi connectivity index (χ4n) is 5.09. The van der Waals surface area contributed by atoms with E-state index in [0.29, 0.717) is 24.4 Å². The van der Waals surface area contributed by atoms with Crippen molar-refractivity contribution < 1.29 is 4.79 Å². The molecule has 2 aromatic heterocycles. The van der Waals surface area contributed by atoms with Crippen molar-refractivity contribution in [3.8, 4) is 5.69 Å². The van der Waals surface area contributed by atoms with E-state index >= 15 is 0 Å². The van der Waals surface area contributed by atoms with Gasteiger partial charge >= 0.3 is 0 Å².